The summed E-state index contributed by atoms with van der Waals surface area (Å²) in [6.07, 6.45) is 2.54. The van der Waals surface area contributed by atoms with Crippen molar-refractivity contribution in [2.24, 2.45) is 0 Å². The fourth-order valence-electron chi connectivity index (χ4n) is 1.91. The lowest BCUT2D eigenvalue weighted by molar-refractivity contribution is 0.112. The van der Waals surface area contributed by atoms with E-state index in [1.165, 1.54) is 0 Å². The molecule has 0 bridgehead atoms. The maximum Gasteiger partial charge on any atom is 0.150 e. The minimum atomic E-state index is 0.700. The lowest BCUT2D eigenvalue weighted by atomic mass is 10.0. The van der Waals surface area contributed by atoms with Gasteiger partial charge in [-0.05, 0) is 11.5 Å². The lowest BCUT2D eigenvalue weighted by Gasteiger charge is -2.00. The maximum atomic E-state index is 10.9. The second kappa shape index (κ2) is 2.95. The van der Waals surface area contributed by atoms with E-state index in [-0.39, 0.29) is 0 Å². The summed E-state index contributed by atoms with van der Waals surface area (Å²) in [4.78, 5) is 10.9. The molecule has 1 aromatic heterocycles. The number of carbonyl (C=O) groups excluding carboxylic acids is 1. The van der Waals surface area contributed by atoms with Crippen LogP contribution in [0.5, 0.6) is 0 Å². The van der Waals surface area contributed by atoms with Crippen LogP contribution in [-0.4, -0.2) is 6.29 Å². The number of hydrogen-bond donors (Lipinski definition) is 0. The molecule has 2 heteroatoms. The second-order valence-electron chi connectivity index (χ2n) is 3.46. The normalized spacial score (nSPS) is 10.9. The van der Waals surface area contributed by atoms with Gasteiger partial charge < -0.3 is 4.42 Å². The Hall–Kier alpha value is -2.09. The van der Waals surface area contributed by atoms with E-state index in [0.717, 1.165) is 28.0 Å². The third kappa shape index (κ3) is 1.08. The van der Waals surface area contributed by atoms with Crippen molar-refractivity contribution in [1.82, 2.24) is 0 Å². The summed E-state index contributed by atoms with van der Waals surface area (Å²) in [5, 5.41) is 2.99. The molecule has 0 unspecified atom stereocenters. The van der Waals surface area contributed by atoms with Crippen molar-refractivity contribution < 1.29 is 9.21 Å². The smallest absolute Gasteiger partial charge is 0.150 e. The quantitative estimate of drug-likeness (QED) is 0.558. The molecule has 15 heavy (non-hydrogen) atoms. The first-order valence-electron chi connectivity index (χ1n) is 4.74. The number of benzene rings is 2. The summed E-state index contributed by atoms with van der Waals surface area (Å²) in [5.74, 6) is 0. The average molecular weight is 196 g/mol. The Morgan fingerprint density at radius 1 is 1.00 bits per heavy atom. The largest absolute Gasteiger partial charge is 0.464 e. The second-order valence-corrected chi connectivity index (χ2v) is 3.46. The van der Waals surface area contributed by atoms with Gasteiger partial charge in [0.05, 0.1) is 6.26 Å². The number of aldehydes is 1. The van der Waals surface area contributed by atoms with Gasteiger partial charge in [0, 0.05) is 16.3 Å². The number of hydrogen-bond acceptors (Lipinski definition) is 2. The summed E-state index contributed by atoms with van der Waals surface area (Å²) < 4.78 is 5.41. The van der Waals surface area contributed by atoms with E-state index in [2.05, 4.69) is 0 Å². The van der Waals surface area contributed by atoms with Gasteiger partial charge >= 0.3 is 0 Å². The van der Waals surface area contributed by atoms with E-state index in [0.29, 0.717) is 5.56 Å². The molecular weight excluding hydrogens is 188 g/mol. The predicted octanol–water partition coefficient (Wildman–Crippen LogP) is 3.40. The SMILES string of the molecule is O=Cc1cccc2c1ccc1ccoc12. The van der Waals surface area contributed by atoms with Crippen molar-refractivity contribution in [1.29, 1.82) is 0 Å². The number of rotatable bonds is 1. The van der Waals surface area contributed by atoms with Crippen LogP contribution >= 0.6 is 0 Å². The molecule has 0 radical (unpaired) electrons. The Balaban J connectivity index is 2.59. The van der Waals surface area contributed by atoms with Gasteiger partial charge in [-0.3, -0.25) is 4.79 Å². The highest BCUT2D eigenvalue weighted by Gasteiger charge is 2.05. The number of fused-ring (bicyclic) bond motifs is 3. The first-order valence-corrected chi connectivity index (χ1v) is 4.74. The fourth-order valence-corrected chi connectivity index (χ4v) is 1.91. The average Bonchev–Trinajstić information content (AvgIpc) is 2.76. The van der Waals surface area contributed by atoms with E-state index in [1.807, 2.05) is 36.4 Å². The summed E-state index contributed by atoms with van der Waals surface area (Å²) in [6, 6.07) is 11.5. The van der Waals surface area contributed by atoms with E-state index < -0.39 is 0 Å². The molecule has 0 amide bonds. The number of furan rings is 1. The molecule has 0 saturated carbocycles. The van der Waals surface area contributed by atoms with Crippen LogP contribution in [0.1, 0.15) is 10.4 Å². The van der Waals surface area contributed by atoms with Crippen LogP contribution in [0.25, 0.3) is 21.7 Å². The zero-order valence-electron chi connectivity index (χ0n) is 7.94. The predicted molar refractivity (Wildman–Crippen MR) is 59.1 cm³/mol. The van der Waals surface area contributed by atoms with Crippen LogP contribution in [0.3, 0.4) is 0 Å². The molecule has 72 valence electrons. The molecule has 0 N–H and O–H groups in total. The van der Waals surface area contributed by atoms with Crippen molar-refractivity contribution in [3.8, 4) is 0 Å². The summed E-state index contributed by atoms with van der Waals surface area (Å²) in [6.45, 7) is 0. The van der Waals surface area contributed by atoms with E-state index in [1.54, 1.807) is 6.26 Å². The van der Waals surface area contributed by atoms with Gasteiger partial charge in [-0.1, -0.05) is 30.3 Å². The Kier molecular flexibility index (Phi) is 1.62. The van der Waals surface area contributed by atoms with Crippen LogP contribution in [0.15, 0.2) is 47.1 Å². The van der Waals surface area contributed by atoms with E-state index >= 15 is 0 Å². The zero-order chi connectivity index (χ0) is 10.3. The van der Waals surface area contributed by atoms with Crippen molar-refractivity contribution in [3.05, 3.63) is 48.2 Å². The Bertz CT molecular complexity index is 650. The van der Waals surface area contributed by atoms with Gasteiger partial charge in [0.25, 0.3) is 0 Å². The Morgan fingerprint density at radius 2 is 1.93 bits per heavy atom. The first kappa shape index (κ1) is 8.24. The first-order chi connectivity index (χ1) is 7.40. The molecule has 3 aromatic rings. The molecule has 0 atom stereocenters. The maximum absolute atomic E-state index is 10.9. The van der Waals surface area contributed by atoms with Crippen LogP contribution in [0, 0.1) is 0 Å². The fraction of sp³-hybridized carbons (Fsp3) is 0. The summed E-state index contributed by atoms with van der Waals surface area (Å²) >= 11 is 0. The van der Waals surface area contributed by atoms with Gasteiger partial charge in [0.1, 0.15) is 5.58 Å². The summed E-state index contributed by atoms with van der Waals surface area (Å²) in [5.41, 5.74) is 1.54. The molecule has 2 nitrogen and oxygen atoms in total. The van der Waals surface area contributed by atoms with Crippen LogP contribution in [0.2, 0.25) is 0 Å². The summed E-state index contributed by atoms with van der Waals surface area (Å²) in [7, 11) is 0. The molecule has 0 aliphatic rings. The monoisotopic (exact) mass is 196 g/mol. The standard InChI is InChI=1S/C13H8O2/c14-8-10-2-1-3-12-11(10)5-4-9-6-7-15-13(9)12/h1-8H. The molecule has 0 aliphatic heterocycles. The molecule has 0 aliphatic carbocycles. The van der Waals surface area contributed by atoms with Crippen molar-refractivity contribution in [3.63, 3.8) is 0 Å². The van der Waals surface area contributed by atoms with Crippen molar-refractivity contribution in [2.75, 3.05) is 0 Å². The number of carbonyl (C=O) groups is 1. The molecule has 0 fully saturated rings. The zero-order valence-corrected chi connectivity index (χ0v) is 7.94. The molecule has 0 saturated heterocycles. The molecule has 0 spiro atoms. The van der Waals surface area contributed by atoms with Crippen molar-refractivity contribution >= 4 is 28.0 Å². The molecule has 3 rings (SSSR count). The van der Waals surface area contributed by atoms with E-state index in [9.17, 15) is 4.79 Å². The molecule has 1 heterocycles. The highest BCUT2D eigenvalue weighted by atomic mass is 16.3. The van der Waals surface area contributed by atoms with Crippen molar-refractivity contribution in [2.45, 2.75) is 0 Å². The van der Waals surface area contributed by atoms with E-state index in [4.69, 9.17) is 4.42 Å². The molecular formula is C13H8O2. The highest BCUT2D eigenvalue weighted by Crippen LogP contribution is 2.27. The lowest BCUT2D eigenvalue weighted by Crippen LogP contribution is -1.82. The third-order valence-electron chi connectivity index (χ3n) is 2.64. The van der Waals surface area contributed by atoms with Gasteiger partial charge in [0.2, 0.25) is 0 Å². The van der Waals surface area contributed by atoms with Crippen LogP contribution in [-0.2, 0) is 0 Å². The van der Waals surface area contributed by atoms with Gasteiger partial charge in [-0.2, -0.15) is 0 Å². The topological polar surface area (TPSA) is 30.2 Å². The van der Waals surface area contributed by atoms with Crippen LogP contribution in [0.4, 0.5) is 0 Å². The highest BCUT2D eigenvalue weighted by molar-refractivity contribution is 6.09. The third-order valence-corrected chi connectivity index (χ3v) is 2.64. The van der Waals surface area contributed by atoms with Crippen LogP contribution < -0.4 is 0 Å². The minimum Gasteiger partial charge on any atom is -0.464 e. The molecule has 2 aromatic carbocycles. The van der Waals surface area contributed by atoms with Gasteiger partial charge in [-0.15, -0.1) is 0 Å². The van der Waals surface area contributed by atoms with Gasteiger partial charge in [0.15, 0.2) is 6.29 Å². The Labute approximate surface area is 86.1 Å². The Morgan fingerprint density at radius 3 is 2.80 bits per heavy atom. The van der Waals surface area contributed by atoms with Gasteiger partial charge in [-0.25, -0.2) is 0 Å². The minimum absolute atomic E-state index is 0.700.